The lowest BCUT2D eigenvalue weighted by molar-refractivity contribution is 0.225. The van der Waals surface area contributed by atoms with Crippen LogP contribution in [0.25, 0.3) is 10.9 Å². The number of ether oxygens (including phenoxy) is 3. The highest BCUT2D eigenvalue weighted by atomic mass is 16.5. The average Bonchev–Trinajstić information content (AvgIpc) is 2.92. The molecule has 4 rings (SSSR count). The molecule has 0 spiro atoms. The molecule has 1 aliphatic rings. The fraction of sp³-hybridized carbons (Fsp3) is 0.348. The Bertz CT molecular complexity index is 987. The lowest BCUT2D eigenvalue weighted by atomic mass is 10.1. The fourth-order valence-electron chi connectivity index (χ4n) is 3.72. The largest absolute Gasteiger partial charge is 0.493 e. The number of nitrogens with zero attached hydrogens (tertiary/aromatic N) is 2. The highest BCUT2D eigenvalue weighted by molar-refractivity contribution is 5.83. The zero-order valence-electron chi connectivity index (χ0n) is 16.7. The van der Waals surface area contributed by atoms with Crippen LogP contribution >= 0.6 is 0 Å². The number of aryl methyl sites for hydroxylation is 1. The Morgan fingerprint density at radius 3 is 2.75 bits per heavy atom. The van der Waals surface area contributed by atoms with Crippen molar-refractivity contribution in [3.8, 4) is 17.4 Å². The minimum absolute atomic E-state index is 0.656. The molecule has 0 amide bonds. The van der Waals surface area contributed by atoms with Crippen LogP contribution in [0.15, 0.2) is 42.5 Å². The molecular weight excluding hydrogens is 352 g/mol. The van der Waals surface area contributed by atoms with Gasteiger partial charge in [0.15, 0.2) is 11.5 Å². The van der Waals surface area contributed by atoms with Crippen LogP contribution < -0.4 is 14.2 Å². The van der Waals surface area contributed by atoms with Gasteiger partial charge >= 0.3 is 0 Å². The lowest BCUT2D eigenvalue weighted by Gasteiger charge is -2.19. The molecule has 5 heteroatoms. The summed E-state index contributed by atoms with van der Waals surface area (Å²) in [5.74, 6) is 2.31. The Hall–Kier alpha value is -2.79. The van der Waals surface area contributed by atoms with E-state index in [0.29, 0.717) is 6.61 Å². The third-order valence-electron chi connectivity index (χ3n) is 5.29. The Morgan fingerprint density at radius 2 is 1.93 bits per heavy atom. The number of aromatic nitrogens is 1. The first-order valence-corrected chi connectivity index (χ1v) is 9.63. The van der Waals surface area contributed by atoms with Gasteiger partial charge in [-0.15, -0.1) is 0 Å². The van der Waals surface area contributed by atoms with Crippen LogP contribution in [0, 0.1) is 6.92 Å². The highest BCUT2D eigenvalue weighted by Gasteiger charge is 2.18. The van der Waals surface area contributed by atoms with Gasteiger partial charge in [-0.2, -0.15) is 0 Å². The lowest BCUT2D eigenvalue weighted by Crippen LogP contribution is -2.28. The molecule has 0 unspecified atom stereocenters. The van der Waals surface area contributed by atoms with Gasteiger partial charge in [-0.3, -0.25) is 4.90 Å². The highest BCUT2D eigenvalue weighted by Crippen LogP contribution is 2.29. The van der Waals surface area contributed by atoms with Crippen LogP contribution in [-0.2, 0) is 13.0 Å². The van der Waals surface area contributed by atoms with Crippen molar-refractivity contribution in [3.63, 3.8) is 0 Å². The van der Waals surface area contributed by atoms with Gasteiger partial charge < -0.3 is 14.2 Å². The van der Waals surface area contributed by atoms with Gasteiger partial charge in [0.1, 0.15) is 6.61 Å². The second-order valence-corrected chi connectivity index (χ2v) is 7.16. The van der Waals surface area contributed by atoms with E-state index in [4.69, 9.17) is 19.2 Å². The normalized spacial score (nSPS) is 14.2. The standard InChI is InChI=1S/C23H26N2O3/c1-16-5-4-6-18-14-19-15-25(11-12-28-23(19)24-22(16)18)10-9-17-7-8-20(26-2)21(13-17)27-3/h4-8,13-14H,9-12,15H2,1-3H3. The van der Waals surface area contributed by atoms with Crippen LogP contribution in [0.4, 0.5) is 0 Å². The molecule has 0 aliphatic carbocycles. The molecule has 5 nitrogen and oxygen atoms in total. The number of hydrogen-bond donors (Lipinski definition) is 0. The van der Waals surface area contributed by atoms with Gasteiger partial charge in [-0.1, -0.05) is 24.3 Å². The molecule has 0 radical (unpaired) electrons. The summed E-state index contributed by atoms with van der Waals surface area (Å²) in [5.41, 5.74) is 4.59. The van der Waals surface area contributed by atoms with Crippen molar-refractivity contribution in [2.24, 2.45) is 0 Å². The summed E-state index contributed by atoms with van der Waals surface area (Å²) in [5, 5.41) is 1.17. The zero-order valence-corrected chi connectivity index (χ0v) is 16.7. The maximum Gasteiger partial charge on any atom is 0.218 e. The molecule has 1 aromatic heterocycles. The molecule has 0 saturated carbocycles. The van der Waals surface area contributed by atoms with Gasteiger partial charge in [-0.05, 0) is 42.7 Å². The van der Waals surface area contributed by atoms with E-state index in [9.17, 15) is 0 Å². The quantitative estimate of drug-likeness (QED) is 0.671. The van der Waals surface area contributed by atoms with Gasteiger partial charge in [-0.25, -0.2) is 4.98 Å². The number of hydrogen-bond acceptors (Lipinski definition) is 5. The predicted molar refractivity (Wildman–Crippen MR) is 111 cm³/mol. The predicted octanol–water partition coefficient (Wildman–Crippen LogP) is 4.00. The second-order valence-electron chi connectivity index (χ2n) is 7.16. The van der Waals surface area contributed by atoms with Gasteiger partial charge in [0, 0.05) is 30.6 Å². The van der Waals surface area contributed by atoms with Crippen LogP contribution in [0.2, 0.25) is 0 Å². The summed E-state index contributed by atoms with van der Waals surface area (Å²) in [4.78, 5) is 7.21. The number of pyridine rings is 1. The Balaban J connectivity index is 1.50. The van der Waals surface area contributed by atoms with E-state index >= 15 is 0 Å². The van der Waals surface area contributed by atoms with E-state index in [1.54, 1.807) is 14.2 Å². The second kappa shape index (κ2) is 8.07. The number of fused-ring (bicyclic) bond motifs is 2. The number of benzene rings is 2. The topological polar surface area (TPSA) is 43.8 Å². The summed E-state index contributed by atoms with van der Waals surface area (Å²) in [6.07, 6.45) is 0.940. The molecular formula is C23H26N2O3. The van der Waals surface area contributed by atoms with Gasteiger partial charge in [0.2, 0.25) is 5.88 Å². The van der Waals surface area contributed by atoms with Crippen molar-refractivity contribution >= 4 is 10.9 Å². The molecule has 28 heavy (non-hydrogen) atoms. The van der Waals surface area contributed by atoms with Crippen molar-refractivity contribution in [3.05, 3.63) is 59.2 Å². The molecule has 0 saturated heterocycles. The molecule has 0 fully saturated rings. The number of rotatable bonds is 5. The van der Waals surface area contributed by atoms with E-state index in [-0.39, 0.29) is 0 Å². The fourth-order valence-corrected chi connectivity index (χ4v) is 3.72. The first-order chi connectivity index (χ1) is 13.7. The SMILES string of the molecule is COc1ccc(CCN2CCOc3nc4c(C)cccc4cc3C2)cc1OC. The summed E-state index contributed by atoms with van der Waals surface area (Å²) in [6, 6.07) is 14.6. The Labute approximate surface area is 165 Å². The smallest absolute Gasteiger partial charge is 0.218 e. The molecule has 0 bridgehead atoms. The first-order valence-electron chi connectivity index (χ1n) is 9.63. The van der Waals surface area contributed by atoms with Crippen LogP contribution in [0.3, 0.4) is 0 Å². The minimum Gasteiger partial charge on any atom is -0.493 e. The van der Waals surface area contributed by atoms with Crippen molar-refractivity contribution in [1.82, 2.24) is 9.88 Å². The van der Waals surface area contributed by atoms with Gasteiger partial charge in [0.05, 0.1) is 19.7 Å². The Morgan fingerprint density at radius 1 is 1.07 bits per heavy atom. The minimum atomic E-state index is 0.656. The maximum absolute atomic E-state index is 5.97. The average molecular weight is 378 g/mol. The molecule has 2 aromatic carbocycles. The Kier molecular flexibility index (Phi) is 5.35. The van der Waals surface area contributed by atoms with E-state index in [2.05, 4.69) is 48.2 Å². The first kappa shape index (κ1) is 18.6. The van der Waals surface area contributed by atoms with Crippen LogP contribution in [0.1, 0.15) is 16.7 Å². The summed E-state index contributed by atoms with van der Waals surface area (Å²) < 4.78 is 16.7. The van der Waals surface area contributed by atoms with Gasteiger partial charge in [0.25, 0.3) is 0 Å². The van der Waals surface area contributed by atoms with Crippen molar-refractivity contribution in [2.75, 3.05) is 33.9 Å². The summed E-state index contributed by atoms with van der Waals surface area (Å²) in [7, 11) is 3.33. The van der Waals surface area contributed by atoms with E-state index in [0.717, 1.165) is 54.5 Å². The van der Waals surface area contributed by atoms with E-state index < -0.39 is 0 Å². The van der Waals surface area contributed by atoms with Crippen molar-refractivity contribution in [2.45, 2.75) is 19.9 Å². The molecule has 146 valence electrons. The zero-order chi connectivity index (χ0) is 19.5. The molecule has 0 N–H and O–H groups in total. The summed E-state index contributed by atoms with van der Waals surface area (Å²) >= 11 is 0. The molecule has 0 atom stereocenters. The third kappa shape index (κ3) is 3.76. The number of methoxy groups -OCH3 is 2. The third-order valence-corrected chi connectivity index (χ3v) is 5.29. The van der Waals surface area contributed by atoms with Crippen LogP contribution in [0.5, 0.6) is 17.4 Å². The monoisotopic (exact) mass is 378 g/mol. The van der Waals surface area contributed by atoms with Crippen LogP contribution in [-0.4, -0.2) is 43.8 Å². The molecule has 3 aromatic rings. The van der Waals surface area contributed by atoms with E-state index in [1.807, 2.05) is 6.07 Å². The number of para-hydroxylation sites is 1. The maximum atomic E-state index is 5.97. The summed E-state index contributed by atoms with van der Waals surface area (Å²) in [6.45, 7) is 5.43. The van der Waals surface area contributed by atoms with E-state index in [1.165, 1.54) is 16.5 Å². The van der Waals surface area contributed by atoms with Crippen molar-refractivity contribution in [1.29, 1.82) is 0 Å². The molecule has 1 aliphatic heterocycles. The van der Waals surface area contributed by atoms with Crippen molar-refractivity contribution < 1.29 is 14.2 Å². The molecule has 2 heterocycles.